The van der Waals surface area contributed by atoms with Gasteiger partial charge in [-0.05, 0) is 23.6 Å². The molecule has 0 aliphatic heterocycles. The molecular weight excluding hydrogens is 302 g/mol. The van der Waals surface area contributed by atoms with Crippen LogP contribution in [0.1, 0.15) is 4.88 Å². The highest BCUT2D eigenvalue weighted by Crippen LogP contribution is 2.12. The van der Waals surface area contributed by atoms with E-state index in [9.17, 15) is 4.79 Å². The lowest BCUT2D eigenvalue weighted by Gasteiger charge is -2.08. The minimum Gasteiger partial charge on any atom is -0.394 e. The third-order valence-electron chi connectivity index (χ3n) is 2.75. The summed E-state index contributed by atoms with van der Waals surface area (Å²) in [5.41, 5.74) is 0.670. The van der Waals surface area contributed by atoms with Gasteiger partial charge >= 0.3 is 0 Å². The number of pyridine rings is 1. The largest absolute Gasteiger partial charge is 0.394 e. The van der Waals surface area contributed by atoms with E-state index in [1.807, 2.05) is 17.5 Å². The van der Waals surface area contributed by atoms with Crippen LogP contribution in [0, 0.1) is 0 Å². The summed E-state index contributed by atoms with van der Waals surface area (Å²) in [6.07, 6.45) is 1.99. The number of aliphatic hydroxyl groups excluding tert-OH is 1. The molecule has 0 unspecified atom stereocenters. The van der Waals surface area contributed by atoms with Crippen molar-refractivity contribution in [2.75, 3.05) is 37.0 Å². The van der Waals surface area contributed by atoms with Crippen molar-refractivity contribution in [3.63, 3.8) is 0 Å². The van der Waals surface area contributed by atoms with Gasteiger partial charge in [0.05, 0.1) is 38.1 Å². The van der Waals surface area contributed by atoms with Gasteiger partial charge in [-0.3, -0.25) is 4.79 Å². The molecule has 0 aromatic carbocycles. The zero-order chi connectivity index (χ0) is 15.6. The molecule has 22 heavy (non-hydrogen) atoms. The zero-order valence-electron chi connectivity index (χ0n) is 12.1. The number of carbonyl (C=O) groups is 1. The van der Waals surface area contributed by atoms with E-state index in [2.05, 4.69) is 15.6 Å². The summed E-state index contributed by atoms with van der Waals surface area (Å²) >= 11 is 1.56. The van der Waals surface area contributed by atoms with E-state index >= 15 is 0 Å². The van der Waals surface area contributed by atoms with Gasteiger partial charge in [0, 0.05) is 11.4 Å². The summed E-state index contributed by atoms with van der Waals surface area (Å²) < 4.78 is 5.13. The summed E-state index contributed by atoms with van der Waals surface area (Å²) in [4.78, 5) is 17.1. The third-order valence-corrected chi connectivity index (χ3v) is 3.63. The van der Waals surface area contributed by atoms with E-state index in [4.69, 9.17) is 9.84 Å². The topological polar surface area (TPSA) is 83.5 Å². The maximum atomic E-state index is 11.9. The molecule has 1 amide bonds. The van der Waals surface area contributed by atoms with Crippen molar-refractivity contribution in [2.24, 2.45) is 0 Å². The highest BCUT2D eigenvalue weighted by atomic mass is 32.1. The number of hydrogen-bond donors (Lipinski definition) is 3. The molecule has 0 bridgehead atoms. The second-order valence-corrected chi connectivity index (χ2v) is 5.53. The van der Waals surface area contributed by atoms with E-state index in [1.165, 1.54) is 0 Å². The summed E-state index contributed by atoms with van der Waals surface area (Å²) in [5, 5.41) is 16.4. The van der Waals surface area contributed by atoms with Crippen LogP contribution in [0.5, 0.6) is 0 Å². The Morgan fingerprint density at radius 3 is 2.91 bits per heavy atom. The molecule has 0 aliphatic rings. The van der Waals surface area contributed by atoms with Crippen molar-refractivity contribution >= 4 is 28.7 Å². The number of amides is 1. The Morgan fingerprint density at radius 1 is 1.32 bits per heavy atom. The number of nitrogens with zero attached hydrogens (tertiary/aromatic N) is 1. The van der Waals surface area contributed by atoms with Crippen LogP contribution in [0.4, 0.5) is 11.5 Å². The van der Waals surface area contributed by atoms with Gasteiger partial charge in [-0.25, -0.2) is 4.98 Å². The Labute approximate surface area is 133 Å². The molecule has 0 spiro atoms. The summed E-state index contributed by atoms with van der Waals surface area (Å²) in [6, 6.07) is 7.47. The van der Waals surface area contributed by atoms with Gasteiger partial charge in [0.1, 0.15) is 5.82 Å². The first-order valence-corrected chi connectivity index (χ1v) is 7.86. The smallest absolute Gasteiger partial charge is 0.229 e. The number of aromatic nitrogens is 1. The fourth-order valence-electron chi connectivity index (χ4n) is 1.77. The fourth-order valence-corrected chi connectivity index (χ4v) is 2.47. The Kier molecular flexibility index (Phi) is 6.82. The van der Waals surface area contributed by atoms with Crippen molar-refractivity contribution < 1.29 is 14.6 Å². The SMILES string of the molecule is O=C(Cc1cccs1)Nc1ccc(NCCOCCO)nc1. The predicted molar refractivity (Wildman–Crippen MR) is 87.3 cm³/mol. The van der Waals surface area contributed by atoms with Gasteiger partial charge in [0.2, 0.25) is 5.91 Å². The Hall–Kier alpha value is -1.96. The molecule has 6 nitrogen and oxygen atoms in total. The van der Waals surface area contributed by atoms with Crippen LogP contribution in [0.25, 0.3) is 0 Å². The van der Waals surface area contributed by atoms with Crippen molar-refractivity contribution in [3.05, 3.63) is 40.7 Å². The lowest BCUT2D eigenvalue weighted by molar-refractivity contribution is -0.115. The van der Waals surface area contributed by atoms with Gasteiger partial charge in [0.15, 0.2) is 0 Å². The van der Waals surface area contributed by atoms with E-state index < -0.39 is 0 Å². The van der Waals surface area contributed by atoms with Crippen LogP contribution >= 0.6 is 11.3 Å². The third kappa shape index (κ3) is 5.80. The minimum atomic E-state index is -0.0534. The van der Waals surface area contributed by atoms with E-state index in [0.717, 1.165) is 4.88 Å². The lowest BCUT2D eigenvalue weighted by atomic mass is 10.3. The number of thiophene rings is 1. The molecule has 2 rings (SSSR count). The molecular formula is C15H19N3O3S. The summed E-state index contributed by atoms with van der Waals surface area (Å²) in [5.74, 6) is 0.659. The molecule has 2 heterocycles. The standard InChI is InChI=1S/C15H19N3O3S/c19-6-8-21-7-5-16-14-4-3-12(11-17-14)18-15(20)10-13-2-1-9-22-13/h1-4,9,11,19H,5-8,10H2,(H,16,17)(H,18,20). The molecule has 0 aliphatic carbocycles. The van der Waals surface area contributed by atoms with Crippen LogP contribution in [0.2, 0.25) is 0 Å². The number of nitrogens with one attached hydrogen (secondary N) is 2. The van der Waals surface area contributed by atoms with Gasteiger partial charge in [0.25, 0.3) is 0 Å². The van der Waals surface area contributed by atoms with E-state index in [-0.39, 0.29) is 12.5 Å². The van der Waals surface area contributed by atoms with Crippen LogP contribution in [-0.4, -0.2) is 42.4 Å². The predicted octanol–water partition coefficient (Wildman–Crippen LogP) is 1.75. The fraction of sp³-hybridized carbons (Fsp3) is 0.333. The number of anilines is 2. The van der Waals surface area contributed by atoms with Gasteiger partial charge in [-0.2, -0.15) is 0 Å². The summed E-state index contributed by atoms with van der Waals surface area (Å²) in [7, 11) is 0. The second kappa shape index (κ2) is 9.14. The van der Waals surface area contributed by atoms with Gasteiger partial charge in [-0.1, -0.05) is 6.07 Å². The molecule has 118 valence electrons. The van der Waals surface area contributed by atoms with Crippen LogP contribution in [0.3, 0.4) is 0 Å². The van der Waals surface area contributed by atoms with E-state index in [1.54, 1.807) is 29.7 Å². The number of hydrogen-bond acceptors (Lipinski definition) is 6. The normalized spacial score (nSPS) is 10.4. The average Bonchev–Trinajstić information content (AvgIpc) is 3.01. The number of rotatable bonds is 9. The first-order valence-electron chi connectivity index (χ1n) is 6.98. The van der Waals surface area contributed by atoms with Crippen molar-refractivity contribution in [3.8, 4) is 0 Å². The molecule has 0 saturated carbocycles. The molecule has 0 fully saturated rings. The molecule has 0 atom stereocenters. The zero-order valence-corrected chi connectivity index (χ0v) is 12.9. The summed E-state index contributed by atoms with van der Waals surface area (Å²) in [6.45, 7) is 1.47. The molecule has 2 aromatic rings. The van der Waals surface area contributed by atoms with Crippen molar-refractivity contribution in [1.29, 1.82) is 0 Å². The minimum absolute atomic E-state index is 0.0259. The van der Waals surface area contributed by atoms with Gasteiger partial charge in [-0.15, -0.1) is 11.3 Å². The monoisotopic (exact) mass is 321 g/mol. The molecule has 0 saturated heterocycles. The van der Waals surface area contributed by atoms with E-state index in [0.29, 0.717) is 37.7 Å². The highest BCUT2D eigenvalue weighted by Gasteiger charge is 2.05. The quantitative estimate of drug-likeness (QED) is 0.613. The molecule has 7 heteroatoms. The van der Waals surface area contributed by atoms with Crippen LogP contribution < -0.4 is 10.6 Å². The number of ether oxygens (including phenoxy) is 1. The average molecular weight is 321 g/mol. The Morgan fingerprint density at radius 2 is 2.23 bits per heavy atom. The molecule has 0 radical (unpaired) electrons. The first kappa shape index (κ1) is 16.4. The Balaban J connectivity index is 1.73. The second-order valence-electron chi connectivity index (χ2n) is 4.50. The Bertz CT molecular complexity index is 558. The molecule has 3 N–H and O–H groups in total. The lowest BCUT2D eigenvalue weighted by Crippen LogP contribution is -2.14. The maximum absolute atomic E-state index is 11.9. The number of aliphatic hydroxyl groups is 1. The van der Waals surface area contributed by atoms with Crippen LogP contribution in [-0.2, 0) is 16.0 Å². The maximum Gasteiger partial charge on any atom is 0.229 e. The molecule has 2 aromatic heterocycles. The van der Waals surface area contributed by atoms with Gasteiger partial charge < -0.3 is 20.5 Å². The van der Waals surface area contributed by atoms with Crippen LogP contribution in [0.15, 0.2) is 35.8 Å². The first-order chi connectivity index (χ1) is 10.8. The number of carbonyl (C=O) groups excluding carboxylic acids is 1. The highest BCUT2D eigenvalue weighted by molar-refractivity contribution is 7.10. The van der Waals surface area contributed by atoms with Crippen molar-refractivity contribution in [2.45, 2.75) is 6.42 Å². The van der Waals surface area contributed by atoms with Crippen molar-refractivity contribution in [1.82, 2.24) is 4.98 Å².